The lowest BCUT2D eigenvalue weighted by atomic mass is 10.2. The second kappa shape index (κ2) is 6.29. The van der Waals surface area contributed by atoms with E-state index in [2.05, 4.69) is 15.1 Å². The number of nitrogens with zero attached hydrogens (tertiary/aromatic N) is 4. The number of hydrogen-bond donors (Lipinski definition) is 1. The molecule has 0 saturated heterocycles. The molecule has 1 aliphatic rings. The summed E-state index contributed by atoms with van der Waals surface area (Å²) in [7, 11) is 3.06. The van der Waals surface area contributed by atoms with E-state index in [1.807, 2.05) is 24.3 Å². The van der Waals surface area contributed by atoms with Gasteiger partial charge in [0.05, 0.1) is 7.11 Å². The topological polar surface area (TPSA) is 94.8 Å². The molecule has 1 aromatic carbocycles. The van der Waals surface area contributed by atoms with Gasteiger partial charge in [0.25, 0.3) is 5.56 Å². The fourth-order valence-corrected chi connectivity index (χ4v) is 2.90. The molecule has 0 radical (unpaired) electrons. The molecule has 2 aromatic heterocycles. The van der Waals surface area contributed by atoms with Crippen LogP contribution in [0.5, 0.6) is 5.75 Å². The van der Waals surface area contributed by atoms with E-state index in [-0.39, 0.29) is 12.0 Å². The van der Waals surface area contributed by atoms with Gasteiger partial charge in [-0.3, -0.25) is 9.36 Å². The molecule has 0 spiro atoms. The van der Waals surface area contributed by atoms with Gasteiger partial charge in [0.15, 0.2) is 5.82 Å². The molecule has 134 valence electrons. The maximum absolute atomic E-state index is 12.4. The first-order valence-electron chi connectivity index (χ1n) is 8.45. The Balaban J connectivity index is 1.82. The molecule has 1 N–H and O–H groups in total. The third-order valence-electron chi connectivity index (χ3n) is 4.55. The van der Waals surface area contributed by atoms with E-state index in [9.17, 15) is 9.59 Å². The number of aromatic nitrogens is 5. The van der Waals surface area contributed by atoms with Crippen LogP contribution >= 0.6 is 0 Å². The van der Waals surface area contributed by atoms with E-state index in [1.165, 1.54) is 13.2 Å². The van der Waals surface area contributed by atoms with Gasteiger partial charge in [-0.15, -0.1) is 0 Å². The first-order valence-corrected chi connectivity index (χ1v) is 8.45. The highest BCUT2D eigenvalue weighted by Gasteiger charge is 2.29. The van der Waals surface area contributed by atoms with Crippen LogP contribution in [0.3, 0.4) is 0 Å². The normalized spacial score (nSPS) is 13.8. The van der Waals surface area contributed by atoms with E-state index in [1.54, 1.807) is 11.8 Å². The molecule has 0 amide bonds. The van der Waals surface area contributed by atoms with Crippen molar-refractivity contribution in [1.82, 2.24) is 24.3 Å². The minimum Gasteiger partial charge on any atom is -0.494 e. The Morgan fingerprint density at radius 3 is 2.77 bits per heavy atom. The van der Waals surface area contributed by atoms with Crippen LogP contribution in [0.25, 0.3) is 5.69 Å². The molecule has 8 nitrogen and oxygen atoms in total. The molecular weight excluding hydrogens is 334 g/mol. The van der Waals surface area contributed by atoms with Crippen LogP contribution in [0, 0.1) is 0 Å². The zero-order valence-electron chi connectivity index (χ0n) is 14.6. The number of ether oxygens (including phenoxy) is 1. The summed E-state index contributed by atoms with van der Waals surface area (Å²) in [6.45, 7) is 0. The number of hydrogen-bond acceptors (Lipinski definition) is 5. The van der Waals surface area contributed by atoms with Crippen LogP contribution in [-0.4, -0.2) is 31.4 Å². The third-order valence-corrected chi connectivity index (χ3v) is 4.55. The Morgan fingerprint density at radius 1 is 1.27 bits per heavy atom. The highest BCUT2D eigenvalue weighted by molar-refractivity contribution is 5.46. The van der Waals surface area contributed by atoms with Gasteiger partial charge in [-0.1, -0.05) is 12.1 Å². The molecule has 0 unspecified atom stereocenters. The Labute approximate surface area is 149 Å². The molecule has 8 heteroatoms. The molecular formula is C18H19N5O3. The van der Waals surface area contributed by atoms with Gasteiger partial charge in [-0.2, -0.15) is 5.10 Å². The summed E-state index contributed by atoms with van der Waals surface area (Å²) in [6.07, 6.45) is 3.87. The smallest absolute Gasteiger partial charge is 0.328 e. The lowest BCUT2D eigenvalue weighted by Crippen LogP contribution is -2.34. The lowest BCUT2D eigenvalue weighted by molar-refractivity contribution is 0.411. The maximum Gasteiger partial charge on any atom is 0.328 e. The third kappa shape index (κ3) is 2.83. The predicted octanol–water partition coefficient (Wildman–Crippen LogP) is 1.13. The van der Waals surface area contributed by atoms with Gasteiger partial charge in [-0.05, 0) is 25.0 Å². The highest BCUT2D eigenvalue weighted by Crippen LogP contribution is 2.38. The van der Waals surface area contributed by atoms with Crippen LogP contribution in [0.4, 0.5) is 0 Å². The van der Waals surface area contributed by atoms with Crippen LogP contribution in [0.15, 0.2) is 40.1 Å². The molecule has 2 heterocycles. The van der Waals surface area contributed by atoms with Crippen LogP contribution in [-0.2, 0) is 13.5 Å². The molecule has 1 aliphatic carbocycles. The van der Waals surface area contributed by atoms with Crippen molar-refractivity contribution in [3.05, 3.63) is 68.5 Å². The second-order valence-corrected chi connectivity index (χ2v) is 6.40. The predicted molar refractivity (Wildman–Crippen MR) is 95.0 cm³/mol. The van der Waals surface area contributed by atoms with Crippen LogP contribution < -0.4 is 16.0 Å². The fraction of sp³-hybridized carbons (Fsp3) is 0.333. The van der Waals surface area contributed by atoms with Gasteiger partial charge in [0, 0.05) is 31.1 Å². The SMILES string of the molecule is COc1ccccc1-n1nc(C2CC2)nc1Cc1c[nH]c(=O)n(C)c1=O. The van der Waals surface area contributed by atoms with Crippen molar-refractivity contribution in [3.63, 3.8) is 0 Å². The van der Waals surface area contributed by atoms with Crippen molar-refractivity contribution >= 4 is 0 Å². The van der Waals surface area contributed by atoms with E-state index in [4.69, 9.17) is 4.74 Å². The molecule has 0 atom stereocenters. The minimum atomic E-state index is -0.441. The number of nitrogens with one attached hydrogen (secondary N) is 1. The summed E-state index contributed by atoms with van der Waals surface area (Å²) < 4.78 is 8.24. The number of methoxy groups -OCH3 is 1. The van der Waals surface area contributed by atoms with Gasteiger partial charge in [0.1, 0.15) is 17.3 Å². The Hall–Kier alpha value is -3.16. The Morgan fingerprint density at radius 2 is 2.04 bits per heavy atom. The molecule has 1 fully saturated rings. The molecule has 1 saturated carbocycles. The number of rotatable bonds is 5. The van der Waals surface area contributed by atoms with Gasteiger partial charge in [-0.25, -0.2) is 14.5 Å². The Kier molecular flexibility index (Phi) is 3.95. The molecule has 0 bridgehead atoms. The standard InChI is InChI=1S/C18H19N5O3/c1-22-17(24)12(10-19-18(22)25)9-15-20-16(11-7-8-11)21-23(15)13-5-3-4-6-14(13)26-2/h3-6,10-11H,7-9H2,1-2H3,(H,19,25). The van der Waals surface area contributed by atoms with Gasteiger partial charge in [0.2, 0.25) is 0 Å². The van der Waals surface area contributed by atoms with Crippen molar-refractivity contribution in [3.8, 4) is 11.4 Å². The second-order valence-electron chi connectivity index (χ2n) is 6.40. The fourth-order valence-electron chi connectivity index (χ4n) is 2.90. The lowest BCUT2D eigenvalue weighted by Gasteiger charge is -2.10. The van der Waals surface area contributed by atoms with Gasteiger partial charge < -0.3 is 9.72 Å². The monoisotopic (exact) mass is 353 g/mol. The first-order chi connectivity index (χ1) is 12.6. The van der Waals surface area contributed by atoms with Crippen molar-refractivity contribution in [2.45, 2.75) is 25.2 Å². The maximum atomic E-state index is 12.4. The summed E-state index contributed by atoms with van der Waals surface area (Å²) in [5.74, 6) is 2.48. The molecule has 4 rings (SSSR count). The van der Waals surface area contributed by atoms with Crippen molar-refractivity contribution in [2.75, 3.05) is 7.11 Å². The number of aromatic amines is 1. The average Bonchev–Trinajstić information content (AvgIpc) is 3.43. The number of H-pyrrole nitrogens is 1. The quantitative estimate of drug-likeness (QED) is 0.742. The number of para-hydroxylation sites is 2. The van der Waals surface area contributed by atoms with Crippen molar-refractivity contribution < 1.29 is 4.74 Å². The summed E-state index contributed by atoms with van der Waals surface area (Å²) >= 11 is 0. The molecule has 26 heavy (non-hydrogen) atoms. The van der Waals surface area contributed by atoms with Crippen molar-refractivity contribution in [1.29, 1.82) is 0 Å². The Bertz CT molecular complexity index is 1070. The minimum absolute atomic E-state index is 0.265. The zero-order valence-corrected chi connectivity index (χ0v) is 14.6. The van der Waals surface area contributed by atoms with E-state index in [0.717, 1.165) is 28.9 Å². The van der Waals surface area contributed by atoms with Crippen molar-refractivity contribution in [2.24, 2.45) is 7.05 Å². The zero-order chi connectivity index (χ0) is 18.3. The summed E-state index contributed by atoms with van der Waals surface area (Å²) in [6, 6.07) is 7.55. The van der Waals surface area contributed by atoms with Crippen LogP contribution in [0.2, 0.25) is 0 Å². The summed E-state index contributed by atoms with van der Waals surface area (Å²) in [5.41, 5.74) is 0.448. The number of benzene rings is 1. The average molecular weight is 353 g/mol. The first kappa shape index (κ1) is 16.3. The van der Waals surface area contributed by atoms with E-state index >= 15 is 0 Å². The molecule has 3 aromatic rings. The van der Waals surface area contributed by atoms with Crippen LogP contribution in [0.1, 0.15) is 36.0 Å². The highest BCUT2D eigenvalue weighted by atomic mass is 16.5. The van der Waals surface area contributed by atoms with Gasteiger partial charge >= 0.3 is 5.69 Å². The van der Waals surface area contributed by atoms with E-state index in [0.29, 0.717) is 23.1 Å². The molecule has 0 aliphatic heterocycles. The van der Waals surface area contributed by atoms with E-state index < -0.39 is 5.69 Å². The summed E-state index contributed by atoms with van der Waals surface area (Å²) in [5, 5.41) is 4.66. The largest absolute Gasteiger partial charge is 0.494 e. The summed E-state index contributed by atoms with van der Waals surface area (Å²) in [4.78, 5) is 31.2.